The summed E-state index contributed by atoms with van der Waals surface area (Å²) >= 11 is 0. The summed E-state index contributed by atoms with van der Waals surface area (Å²) in [4.78, 5) is 20.7. The van der Waals surface area contributed by atoms with Gasteiger partial charge in [0.05, 0.1) is 5.56 Å². The molecule has 0 aliphatic carbocycles. The molecular formula is C17H16N2O2. The van der Waals surface area contributed by atoms with E-state index in [2.05, 4.69) is 9.97 Å². The van der Waals surface area contributed by atoms with Gasteiger partial charge in [-0.3, -0.25) is 4.79 Å². The predicted molar refractivity (Wildman–Crippen MR) is 81.2 cm³/mol. The molecule has 3 aromatic rings. The molecule has 0 saturated heterocycles. The van der Waals surface area contributed by atoms with Crippen LogP contribution < -0.4 is 0 Å². The average Bonchev–Trinajstić information content (AvgIpc) is 2.91. The number of fused-ring (bicyclic) bond motifs is 1. The second-order valence-electron chi connectivity index (χ2n) is 5.07. The van der Waals surface area contributed by atoms with Crippen molar-refractivity contribution in [2.24, 2.45) is 0 Å². The van der Waals surface area contributed by atoms with Crippen LogP contribution in [0.5, 0.6) is 0 Å². The molecule has 0 unspecified atom stereocenters. The maximum atomic E-state index is 12.1. The monoisotopic (exact) mass is 280 g/mol. The van der Waals surface area contributed by atoms with Crippen molar-refractivity contribution in [2.45, 2.75) is 26.7 Å². The van der Waals surface area contributed by atoms with Gasteiger partial charge in [-0.1, -0.05) is 24.6 Å². The second-order valence-corrected chi connectivity index (χ2v) is 5.07. The van der Waals surface area contributed by atoms with Crippen LogP contribution in [0.2, 0.25) is 0 Å². The summed E-state index contributed by atoms with van der Waals surface area (Å²) in [7, 11) is 0. The third kappa shape index (κ3) is 2.57. The zero-order chi connectivity index (χ0) is 14.8. The first-order valence-electron chi connectivity index (χ1n) is 7.05. The van der Waals surface area contributed by atoms with Crippen LogP contribution >= 0.6 is 0 Å². The van der Waals surface area contributed by atoms with Crippen molar-refractivity contribution < 1.29 is 9.21 Å². The summed E-state index contributed by atoms with van der Waals surface area (Å²) in [6.45, 7) is 4.00. The number of benzene rings is 1. The van der Waals surface area contributed by atoms with Gasteiger partial charge in [-0.15, -0.1) is 0 Å². The molecule has 0 radical (unpaired) electrons. The number of Topliss-reactive ketones (excluding diaryl/α,β-unsaturated/α-hetero) is 1. The van der Waals surface area contributed by atoms with Crippen LogP contribution in [0.15, 0.2) is 40.9 Å². The van der Waals surface area contributed by atoms with E-state index in [9.17, 15) is 4.79 Å². The van der Waals surface area contributed by atoms with E-state index >= 15 is 0 Å². The second kappa shape index (κ2) is 5.48. The Labute approximate surface area is 122 Å². The van der Waals surface area contributed by atoms with E-state index in [4.69, 9.17) is 4.42 Å². The molecule has 0 aliphatic heterocycles. The molecule has 0 bridgehead atoms. The molecular weight excluding hydrogens is 264 g/mol. The molecule has 0 spiro atoms. The Morgan fingerprint density at radius 1 is 1.29 bits per heavy atom. The number of nitrogens with zero attached hydrogens (tertiary/aromatic N) is 2. The van der Waals surface area contributed by atoms with Gasteiger partial charge in [-0.05, 0) is 31.5 Å². The highest BCUT2D eigenvalue weighted by atomic mass is 16.3. The minimum atomic E-state index is 0.0665. The van der Waals surface area contributed by atoms with Crippen molar-refractivity contribution in [1.29, 1.82) is 0 Å². The lowest BCUT2D eigenvalue weighted by Gasteiger charge is -1.98. The van der Waals surface area contributed by atoms with Crippen LogP contribution in [0.1, 0.15) is 35.7 Å². The largest absolute Gasteiger partial charge is 0.434 e. The molecule has 0 N–H and O–H groups in total. The van der Waals surface area contributed by atoms with Gasteiger partial charge >= 0.3 is 0 Å². The molecule has 21 heavy (non-hydrogen) atoms. The van der Waals surface area contributed by atoms with E-state index in [0.717, 1.165) is 17.5 Å². The summed E-state index contributed by atoms with van der Waals surface area (Å²) in [5, 5.41) is 0. The van der Waals surface area contributed by atoms with E-state index in [1.54, 1.807) is 12.3 Å². The van der Waals surface area contributed by atoms with Crippen molar-refractivity contribution in [3.63, 3.8) is 0 Å². The van der Waals surface area contributed by atoms with Gasteiger partial charge in [0.2, 0.25) is 5.89 Å². The highest BCUT2D eigenvalue weighted by Crippen LogP contribution is 2.26. The van der Waals surface area contributed by atoms with E-state index in [1.807, 2.05) is 38.1 Å². The lowest BCUT2D eigenvalue weighted by molar-refractivity contribution is 0.0982. The van der Waals surface area contributed by atoms with Crippen molar-refractivity contribution in [3.8, 4) is 11.5 Å². The standard InChI is InChI=1S/C17H16N2O2/c1-3-5-14(20)13-8-9-18-16-15(13)21-17(19-16)12-7-4-6-11(2)10-12/h4,6-10H,3,5H2,1-2H3. The molecule has 4 nitrogen and oxygen atoms in total. The summed E-state index contributed by atoms with van der Waals surface area (Å²) in [6, 6.07) is 9.60. The van der Waals surface area contributed by atoms with Crippen LogP contribution in [-0.4, -0.2) is 15.8 Å². The Balaban J connectivity index is 2.12. The summed E-state index contributed by atoms with van der Waals surface area (Å²) in [6.07, 6.45) is 2.91. The minimum absolute atomic E-state index is 0.0665. The molecule has 3 rings (SSSR count). The summed E-state index contributed by atoms with van der Waals surface area (Å²) < 4.78 is 5.81. The number of oxazole rings is 1. The number of aryl methyl sites for hydroxylation is 1. The third-order valence-electron chi connectivity index (χ3n) is 3.33. The SMILES string of the molecule is CCCC(=O)c1ccnc2nc(-c3cccc(C)c3)oc12. The zero-order valence-corrected chi connectivity index (χ0v) is 12.1. The Morgan fingerprint density at radius 3 is 2.90 bits per heavy atom. The van der Waals surface area contributed by atoms with E-state index in [1.165, 1.54) is 0 Å². The summed E-state index contributed by atoms with van der Waals surface area (Å²) in [5.74, 6) is 0.565. The maximum absolute atomic E-state index is 12.1. The molecule has 2 heterocycles. The quantitative estimate of drug-likeness (QED) is 0.673. The number of pyridine rings is 1. The fourth-order valence-electron chi connectivity index (χ4n) is 2.32. The van der Waals surface area contributed by atoms with Crippen molar-refractivity contribution in [3.05, 3.63) is 47.7 Å². The van der Waals surface area contributed by atoms with Gasteiger partial charge in [0, 0.05) is 18.2 Å². The van der Waals surface area contributed by atoms with E-state index in [-0.39, 0.29) is 5.78 Å². The van der Waals surface area contributed by atoms with E-state index < -0.39 is 0 Å². The molecule has 0 saturated carbocycles. The average molecular weight is 280 g/mol. The number of rotatable bonds is 4. The number of carbonyl (C=O) groups excluding carboxylic acids is 1. The maximum Gasteiger partial charge on any atom is 0.228 e. The first-order chi connectivity index (χ1) is 10.2. The third-order valence-corrected chi connectivity index (χ3v) is 3.33. The topological polar surface area (TPSA) is 56.0 Å². The fourth-order valence-corrected chi connectivity index (χ4v) is 2.32. The van der Waals surface area contributed by atoms with Crippen molar-refractivity contribution in [2.75, 3.05) is 0 Å². The molecule has 4 heteroatoms. The van der Waals surface area contributed by atoms with Gasteiger partial charge in [-0.25, -0.2) is 4.98 Å². The Kier molecular flexibility index (Phi) is 3.52. The van der Waals surface area contributed by atoms with Gasteiger partial charge in [-0.2, -0.15) is 4.98 Å². The molecule has 0 aliphatic rings. The molecule has 0 fully saturated rings. The van der Waals surface area contributed by atoms with Crippen LogP contribution in [0.4, 0.5) is 0 Å². The van der Waals surface area contributed by atoms with Gasteiger partial charge < -0.3 is 4.42 Å². The molecule has 0 atom stereocenters. The van der Waals surface area contributed by atoms with Crippen LogP contribution in [0.3, 0.4) is 0 Å². The van der Waals surface area contributed by atoms with E-state index in [0.29, 0.717) is 29.1 Å². The number of ketones is 1. The minimum Gasteiger partial charge on any atom is -0.434 e. The Bertz CT molecular complexity index is 805. The molecule has 1 aromatic carbocycles. The summed E-state index contributed by atoms with van der Waals surface area (Å²) in [5.41, 5.74) is 3.54. The van der Waals surface area contributed by atoms with Crippen LogP contribution in [0.25, 0.3) is 22.7 Å². The van der Waals surface area contributed by atoms with Gasteiger partial charge in [0.1, 0.15) is 0 Å². The fraction of sp³-hybridized carbons (Fsp3) is 0.235. The van der Waals surface area contributed by atoms with Gasteiger partial charge in [0.25, 0.3) is 0 Å². The van der Waals surface area contributed by atoms with Crippen molar-refractivity contribution >= 4 is 17.0 Å². The number of hydrogen-bond acceptors (Lipinski definition) is 4. The molecule has 106 valence electrons. The Morgan fingerprint density at radius 2 is 2.14 bits per heavy atom. The molecule has 0 amide bonds. The lowest BCUT2D eigenvalue weighted by atomic mass is 10.1. The normalized spacial score (nSPS) is 11.0. The predicted octanol–water partition coefficient (Wildman–Crippen LogP) is 4.18. The zero-order valence-electron chi connectivity index (χ0n) is 12.1. The number of hydrogen-bond donors (Lipinski definition) is 0. The smallest absolute Gasteiger partial charge is 0.228 e. The Hall–Kier alpha value is -2.49. The molecule has 2 aromatic heterocycles. The first kappa shape index (κ1) is 13.5. The number of aromatic nitrogens is 2. The number of carbonyl (C=O) groups is 1. The highest BCUT2D eigenvalue weighted by Gasteiger charge is 2.16. The van der Waals surface area contributed by atoms with Crippen LogP contribution in [-0.2, 0) is 0 Å². The van der Waals surface area contributed by atoms with Crippen LogP contribution in [0, 0.1) is 6.92 Å². The highest BCUT2D eigenvalue weighted by molar-refractivity contribution is 6.04. The van der Waals surface area contributed by atoms with Gasteiger partial charge in [0.15, 0.2) is 17.0 Å². The van der Waals surface area contributed by atoms with Crippen molar-refractivity contribution in [1.82, 2.24) is 9.97 Å². The first-order valence-corrected chi connectivity index (χ1v) is 7.05. The lowest BCUT2D eigenvalue weighted by Crippen LogP contribution is -1.98.